The zero-order valence-corrected chi connectivity index (χ0v) is 11.8. The molecule has 1 rings (SSSR count). The van der Waals surface area contributed by atoms with E-state index in [4.69, 9.17) is 9.84 Å². The van der Waals surface area contributed by atoms with Crippen molar-refractivity contribution < 1.29 is 19.4 Å². The van der Waals surface area contributed by atoms with Gasteiger partial charge >= 0.3 is 5.97 Å². The Kier molecular flexibility index (Phi) is 6.86. The molecule has 0 fully saturated rings. The summed E-state index contributed by atoms with van der Waals surface area (Å²) < 4.78 is 9.84. The lowest BCUT2D eigenvalue weighted by atomic mass is 10.1. The molecule has 4 nitrogen and oxygen atoms in total. The van der Waals surface area contributed by atoms with Gasteiger partial charge in [-0.3, -0.25) is 4.79 Å². The molecule has 0 spiro atoms. The Hall–Kier alpha value is -1.64. The van der Waals surface area contributed by atoms with Gasteiger partial charge in [0.1, 0.15) is 12.4 Å². The van der Waals surface area contributed by atoms with Crippen LogP contribution in [0.2, 0.25) is 0 Å². The van der Waals surface area contributed by atoms with Crippen LogP contribution in [0.4, 0.5) is 0 Å². The molecular formula is C14H16O4S. The number of ether oxygens (including phenoxy) is 2. The van der Waals surface area contributed by atoms with E-state index in [1.54, 1.807) is 7.11 Å². The molecule has 0 amide bonds. The van der Waals surface area contributed by atoms with Gasteiger partial charge in [-0.25, -0.2) is 0 Å². The first-order valence-electron chi connectivity index (χ1n) is 5.62. The number of rotatable bonds is 5. The third kappa shape index (κ3) is 5.25. The topological polar surface area (TPSA) is 55.8 Å². The number of methoxy groups -OCH3 is 2. The molecule has 5 heteroatoms. The molecule has 0 aliphatic carbocycles. The van der Waals surface area contributed by atoms with Crippen LogP contribution in [0, 0.1) is 11.8 Å². The van der Waals surface area contributed by atoms with Crippen LogP contribution in [0.1, 0.15) is 11.1 Å². The number of hydrogen-bond acceptors (Lipinski definition) is 5. The lowest BCUT2D eigenvalue weighted by molar-refractivity contribution is -0.137. The minimum Gasteiger partial charge on any atom is -0.496 e. The largest absolute Gasteiger partial charge is 0.496 e. The summed E-state index contributed by atoms with van der Waals surface area (Å²) in [6, 6.07) is 5.55. The van der Waals surface area contributed by atoms with Crippen LogP contribution in [0.15, 0.2) is 18.2 Å². The van der Waals surface area contributed by atoms with E-state index >= 15 is 0 Å². The number of hydrogen-bond donors (Lipinski definition) is 1. The van der Waals surface area contributed by atoms with Crippen molar-refractivity contribution in [3.8, 4) is 17.6 Å². The van der Waals surface area contributed by atoms with Crippen LogP contribution in [-0.4, -0.2) is 37.7 Å². The van der Waals surface area contributed by atoms with Crippen LogP contribution >= 0.6 is 11.8 Å². The van der Waals surface area contributed by atoms with Crippen molar-refractivity contribution in [2.24, 2.45) is 0 Å². The third-order valence-electron chi connectivity index (χ3n) is 2.30. The van der Waals surface area contributed by atoms with E-state index in [-0.39, 0.29) is 12.6 Å². The molecule has 0 unspecified atom stereocenters. The average Bonchev–Trinajstić information content (AvgIpc) is 2.45. The van der Waals surface area contributed by atoms with Crippen molar-refractivity contribution in [1.82, 2.24) is 0 Å². The molecule has 0 saturated carbocycles. The standard InChI is InChI=1S/C14H16O4S/c1-17-13-6-5-11(4-3-7-15)8-12(13)9-19-10-14(16)18-2/h5-6,8,15H,7,9-10H2,1-2H3. The minimum absolute atomic E-state index is 0.168. The molecule has 0 radical (unpaired) electrons. The summed E-state index contributed by atoms with van der Waals surface area (Å²) in [5.41, 5.74) is 1.77. The van der Waals surface area contributed by atoms with Crippen LogP contribution in [0.5, 0.6) is 5.75 Å². The number of aliphatic hydroxyl groups is 1. The zero-order chi connectivity index (χ0) is 14.1. The summed E-state index contributed by atoms with van der Waals surface area (Å²) in [5, 5.41) is 8.67. The predicted octanol–water partition coefficient (Wildman–Crippen LogP) is 1.45. The Morgan fingerprint density at radius 3 is 2.84 bits per heavy atom. The fraction of sp³-hybridized carbons (Fsp3) is 0.357. The van der Waals surface area contributed by atoms with E-state index in [1.807, 2.05) is 18.2 Å². The molecule has 0 heterocycles. The number of carbonyl (C=O) groups excluding carboxylic acids is 1. The molecule has 1 N–H and O–H groups in total. The van der Waals surface area contributed by atoms with Gasteiger partial charge in [0.05, 0.1) is 20.0 Å². The number of thioether (sulfide) groups is 1. The molecule has 0 atom stereocenters. The number of benzene rings is 1. The van der Waals surface area contributed by atoms with Gasteiger partial charge in [0, 0.05) is 16.9 Å². The van der Waals surface area contributed by atoms with Gasteiger partial charge in [-0.15, -0.1) is 11.8 Å². The van der Waals surface area contributed by atoms with E-state index in [0.29, 0.717) is 11.5 Å². The molecule has 0 saturated heterocycles. The molecule has 102 valence electrons. The smallest absolute Gasteiger partial charge is 0.315 e. The molecular weight excluding hydrogens is 264 g/mol. The van der Waals surface area contributed by atoms with Crippen LogP contribution in [0.25, 0.3) is 0 Å². The summed E-state index contributed by atoms with van der Waals surface area (Å²) >= 11 is 1.45. The van der Waals surface area contributed by atoms with Crippen molar-refractivity contribution in [3.05, 3.63) is 29.3 Å². The Morgan fingerprint density at radius 1 is 1.42 bits per heavy atom. The van der Waals surface area contributed by atoms with Gasteiger partial charge in [-0.2, -0.15) is 0 Å². The van der Waals surface area contributed by atoms with Crippen molar-refractivity contribution in [2.45, 2.75) is 5.75 Å². The second kappa shape index (κ2) is 8.46. The normalized spacial score (nSPS) is 9.42. The summed E-state index contributed by atoms with van der Waals surface area (Å²) in [6.45, 7) is -0.168. The lowest BCUT2D eigenvalue weighted by Gasteiger charge is -2.08. The van der Waals surface area contributed by atoms with Gasteiger partial charge < -0.3 is 14.6 Å². The van der Waals surface area contributed by atoms with E-state index < -0.39 is 0 Å². The minimum atomic E-state index is -0.250. The molecule has 0 aliphatic rings. The van der Waals surface area contributed by atoms with Crippen molar-refractivity contribution in [2.75, 3.05) is 26.6 Å². The predicted molar refractivity (Wildman–Crippen MR) is 75.1 cm³/mol. The highest BCUT2D eigenvalue weighted by Gasteiger charge is 2.06. The first kappa shape index (κ1) is 15.4. The molecule has 1 aromatic carbocycles. The number of aliphatic hydroxyl groups excluding tert-OH is 1. The van der Waals surface area contributed by atoms with Crippen molar-refractivity contribution in [1.29, 1.82) is 0 Å². The second-order valence-electron chi connectivity index (χ2n) is 3.56. The van der Waals surface area contributed by atoms with E-state index in [1.165, 1.54) is 18.9 Å². The quantitative estimate of drug-likeness (QED) is 0.653. The van der Waals surface area contributed by atoms with E-state index in [2.05, 4.69) is 16.6 Å². The summed E-state index contributed by atoms with van der Waals surface area (Å²) in [4.78, 5) is 11.0. The molecule has 19 heavy (non-hydrogen) atoms. The molecule has 1 aromatic rings. The van der Waals surface area contributed by atoms with Gasteiger partial charge in [-0.1, -0.05) is 11.8 Å². The maximum Gasteiger partial charge on any atom is 0.315 e. The van der Waals surface area contributed by atoms with E-state index in [0.717, 1.165) is 16.9 Å². The number of carbonyl (C=O) groups is 1. The highest BCUT2D eigenvalue weighted by atomic mass is 32.2. The molecule has 0 aliphatic heterocycles. The first-order valence-corrected chi connectivity index (χ1v) is 6.78. The summed E-state index contributed by atoms with van der Waals surface area (Å²) in [7, 11) is 2.97. The Morgan fingerprint density at radius 2 is 2.21 bits per heavy atom. The van der Waals surface area contributed by atoms with Crippen molar-refractivity contribution >= 4 is 17.7 Å². The Labute approximate surface area is 117 Å². The van der Waals surface area contributed by atoms with Crippen LogP contribution < -0.4 is 4.74 Å². The lowest BCUT2D eigenvalue weighted by Crippen LogP contribution is -2.03. The fourth-order valence-electron chi connectivity index (χ4n) is 1.41. The van der Waals surface area contributed by atoms with Gasteiger partial charge in [0.15, 0.2) is 0 Å². The van der Waals surface area contributed by atoms with Gasteiger partial charge in [-0.05, 0) is 18.2 Å². The third-order valence-corrected chi connectivity index (χ3v) is 3.25. The maximum absolute atomic E-state index is 11.0. The molecule has 0 bridgehead atoms. The number of esters is 1. The second-order valence-corrected chi connectivity index (χ2v) is 4.54. The van der Waals surface area contributed by atoms with Gasteiger partial charge in [0.25, 0.3) is 0 Å². The van der Waals surface area contributed by atoms with Gasteiger partial charge in [0.2, 0.25) is 0 Å². The monoisotopic (exact) mass is 280 g/mol. The summed E-state index contributed by atoms with van der Waals surface area (Å²) in [5.74, 6) is 6.87. The fourth-order valence-corrected chi connectivity index (χ4v) is 2.25. The Balaban J connectivity index is 2.75. The van der Waals surface area contributed by atoms with Crippen LogP contribution in [-0.2, 0) is 15.3 Å². The highest BCUT2D eigenvalue weighted by molar-refractivity contribution is 7.99. The first-order chi connectivity index (χ1) is 9.21. The average molecular weight is 280 g/mol. The highest BCUT2D eigenvalue weighted by Crippen LogP contribution is 2.24. The summed E-state index contributed by atoms with van der Waals surface area (Å²) in [6.07, 6.45) is 0. The maximum atomic E-state index is 11.0. The van der Waals surface area contributed by atoms with Crippen LogP contribution in [0.3, 0.4) is 0 Å². The Bertz CT molecular complexity index is 488. The van der Waals surface area contributed by atoms with E-state index in [9.17, 15) is 4.79 Å². The SMILES string of the molecule is COC(=O)CSCc1cc(C#CCO)ccc1OC. The zero-order valence-electron chi connectivity index (χ0n) is 10.9. The van der Waals surface area contributed by atoms with Crippen molar-refractivity contribution in [3.63, 3.8) is 0 Å². The molecule has 0 aromatic heterocycles.